The number of aromatic nitrogens is 2. The molecular weight excluding hydrogens is 197 g/mol. The van der Waals surface area contributed by atoms with Crippen LogP contribution in [0.25, 0.3) is 0 Å². The molecule has 1 heterocycles. The molecule has 0 unspecified atom stereocenters. The Labute approximate surface area is 79.5 Å². The highest BCUT2D eigenvalue weighted by Crippen LogP contribution is 2.30. The van der Waals surface area contributed by atoms with Crippen molar-refractivity contribution in [3.63, 3.8) is 0 Å². The van der Waals surface area contributed by atoms with E-state index >= 15 is 0 Å². The van der Waals surface area contributed by atoms with Gasteiger partial charge in [-0.2, -0.15) is 18.3 Å². The topological polar surface area (TPSA) is 27.1 Å². The van der Waals surface area contributed by atoms with Gasteiger partial charge in [-0.05, 0) is 6.92 Å². The molecule has 1 aromatic rings. The van der Waals surface area contributed by atoms with Crippen molar-refractivity contribution in [2.45, 2.75) is 19.7 Å². The van der Waals surface area contributed by atoms with E-state index in [0.717, 1.165) is 4.68 Å². The molecule has 3 nitrogen and oxygen atoms in total. The van der Waals surface area contributed by atoms with Crippen LogP contribution in [0.5, 0.6) is 0 Å². The molecular formula is C8H11F3N2O. The molecule has 80 valence electrons. The quantitative estimate of drug-likeness (QED) is 0.759. The minimum atomic E-state index is -4.41. The van der Waals surface area contributed by atoms with Gasteiger partial charge in [-0.15, -0.1) is 0 Å². The molecule has 0 spiro atoms. The SMILES string of the molecule is CCOCc1cn(C)nc1C(F)(F)F. The fourth-order valence-electron chi connectivity index (χ4n) is 1.09. The van der Waals surface area contributed by atoms with Crippen LogP contribution in [0.1, 0.15) is 18.2 Å². The van der Waals surface area contributed by atoms with Crippen molar-refractivity contribution in [1.29, 1.82) is 0 Å². The van der Waals surface area contributed by atoms with Crippen molar-refractivity contribution in [3.05, 3.63) is 17.5 Å². The summed E-state index contributed by atoms with van der Waals surface area (Å²) in [5.74, 6) is 0. The Morgan fingerprint density at radius 3 is 2.64 bits per heavy atom. The summed E-state index contributed by atoms with van der Waals surface area (Å²) in [6.07, 6.45) is -3.09. The van der Waals surface area contributed by atoms with Gasteiger partial charge in [-0.1, -0.05) is 0 Å². The lowest BCUT2D eigenvalue weighted by Gasteiger charge is -2.05. The van der Waals surface area contributed by atoms with Crippen LogP contribution in [0.2, 0.25) is 0 Å². The van der Waals surface area contributed by atoms with Crippen LogP contribution >= 0.6 is 0 Å². The predicted octanol–water partition coefficient (Wildman–Crippen LogP) is 1.98. The van der Waals surface area contributed by atoms with Gasteiger partial charge in [-0.25, -0.2) is 0 Å². The van der Waals surface area contributed by atoms with E-state index in [1.165, 1.54) is 13.2 Å². The Bertz CT molecular complexity index is 306. The Morgan fingerprint density at radius 1 is 1.50 bits per heavy atom. The third kappa shape index (κ3) is 2.47. The Balaban J connectivity index is 2.91. The average molecular weight is 208 g/mol. The van der Waals surface area contributed by atoms with E-state index in [1.54, 1.807) is 6.92 Å². The summed E-state index contributed by atoms with van der Waals surface area (Å²) in [6.45, 7) is 2.05. The molecule has 6 heteroatoms. The van der Waals surface area contributed by atoms with Crippen LogP contribution in [0.15, 0.2) is 6.20 Å². The first-order chi connectivity index (χ1) is 6.45. The molecule has 0 aliphatic heterocycles. The van der Waals surface area contributed by atoms with Gasteiger partial charge in [-0.3, -0.25) is 4.68 Å². The van der Waals surface area contributed by atoms with Gasteiger partial charge in [0.2, 0.25) is 0 Å². The molecule has 0 N–H and O–H groups in total. The summed E-state index contributed by atoms with van der Waals surface area (Å²) in [6, 6.07) is 0. The first-order valence-corrected chi connectivity index (χ1v) is 4.12. The number of nitrogens with zero attached hydrogens (tertiary/aromatic N) is 2. The van der Waals surface area contributed by atoms with Crippen molar-refractivity contribution < 1.29 is 17.9 Å². The van der Waals surface area contributed by atoms with E-state index < -0.39 is 11.9 Å². The number of hydrogen-bond donors (Lipinski definition) is 0. The summed E-state index contributed by atoms with van der Waals surface area (Å²) in [4.78, 5) is 0. The zero-order valence-corrected chi connectivity index (χ0v) is 7.93. The lowest BCUT2D eigenvalue weighted by atomic mass is 10.2. The number of alkyl halides is 3. The molecule has 0 aliphatic carbocycles. The number of rotatable bonds is 3. The van der Waals surface area contributed by atoms with Gasteiger partial charge in [0.25, 0.3) is 0 Å². The lowest BCUT2D eigenvalue weighted by molar-refractivity contribution is -0.142. The van der Waals surface area contributed by atoms with Crippen molar-refractivity contribution in [2.24, 2.45) is 7.05 Å². The van der Waals surface area contributed by atoms with E-state index in [-0.39, 0.29) is 12.2 Å². The molecule has 0 saturated carbocycles. The largest absolute Gasteiger partial charge is 0.435 e. The van der Waals surface area contributed by atoms with Crippen LogP contribution in [-0.2, 0) is 24.6 Å². The fraction of sp³-hybridized carbons (Fsp3) is 0.625. The van der Waals surface area contributed by atoms with Crippen molar-refractivity contribution >= 4 is 0 Å². The summed E-state index contributed by atoms with van der Waals surface area (Å²) >= 11 is 0. The Morgan fingerprint density at radius 2 is 2.14 bits per heavy atom. The van der Waals surface area contributed by atoms with Crippen LogP contribution in [0.3, 0.4) is 0 Å². The summed E-state index contributed by atoms with van der Waals surface area (Å²) in [5, 5.41) is 3.35. The molecule has 1 aromatic heterocycles. The van der Waals surface area contributed by atoms with Gasteiger partial charge in [0, 0.05) is 25.4 Å². The van der Waals surface area contributed by atoms with Crippen LogP contribution < -0.4 is 0 Å². The minimum absolute atomic E-state index is 0.0564. The van der Waals surface area contributed by atoms with E-state index in [4.69, 9.17) is 4.74 Å². The third-order valence-electron chi connectivity index (χ3n) is 1.63. The first-order valence-electron chi connectivity index (χ1n) is 4.12. The minimum Gasteiger partial charge on any atom is -0.377 e. The normalized spacial score (nSPS) is 12.1. The summed E-state index contributed by atoms with van der Waals surface area (Å²) in [7, 11) is 1.45. The molecule has 14 heavy (non-hydrogen) atoms. The molecule has 0 saturated heterocycles. The van der Waals surface area contributed by atoms with E-state index in [2.05, 4.69) is 5.10 Å². The van der Waals surface area contributed by atoms with Gasteiger partial charge >= 0.3 is 6.18 Å². The second kappa shape index (κ2) is 4.00. The van der Waals surface area contributed by atoms with Gasteiger partial charge in [0.15, 0.2) is 5.69 Å². The highest BCUT2D eigenvalue weighted by Gasteiger charge is 2.36. The molecule has 0 amide bonds. The number of halogens is 3. The van der Waals surface area contributed by atoms with Crippen molar-refractivity contribution in [2.75, 3.05) is 6.61 Å². The molecule has 0 aromatic carbocycles. The number of hydrogen-bond acceptors (Lipinski definition) is 2. The average Bonchev–Trinajstić information content (AvgIpc) is 2.42. The third-order valence-corrected chi connectivity index (χ3v) is 1.63. The highest BCUT2D eigenvalue weighted by molar-refractivity contribution is 5.18. The molecule has 0 radical (unpaired) electrons. The summed E-state index contributed by atoms with van der Waals surface area (Å²) < 4.78 is 43.1. The maximum Gasteiger partial charge on any atom is 0.435 e. The van der Waals surface area contributed by atoms with E-state index in [9.17, 15) is 13.2 Å². The van der Waals surface area contributed by atoms with Crippen molar-refractivity contribution in [1.82, 2.24) is 9.78 Å². The zero-order chi connectivity index (χ0) is 10.8. The molecule has 1 rings (SSSR count). The van der Waals surface area contributed by atoms with Crippen LogP contribution in [0.4, 0.5) is 13.2 Å². The zero-order valence-electron chi connectivity index (χ0n) is 7.93. The van der Waals surface area contributed by atoms with Crippen LogP contribution in [-0.4, -0.2) is 16.4 Å². The van der Waals surface area contributed by atoms with Crippen LogP contribution in [0, 0.1) is 0 Å². The lowest BCUT2D eigenvalue weighted by Crippen LogP contribution is -2.10. The monoisotopic (exact) mass is 208 g/mol. The van der Waals surface area contributed by atoms with E-state index in [0.29, 0.717) is 6.61 Å². The first kappa shape index (κ1) is 11.0. The molecule has 0 fully saturated rings. The molecule has 0 atom stereocenters. The molecule has 0 bridgehead atoms. The second-order valence-electron chi connectivity index (χ2n) is 2.81. The smallest absolute Gasteiger partial charge is 0.377 e. The Hall–Kier alpha value is -1.04. The molecule has 0 aliphatic rings. The Kier molecular flexibility index (Phi) is 3.15. The van der Waals surface area contributed by atoms with Gasteiger partial charge in [0.1, 0.15) is 0 Å². The predicted molar refractivity (Wildman–Crippen MR) is 43.5 cm³/mol. The van der Waals surface area contributed by atoms with Gasteiger partial charge < -0.3 is 4.74 Å². The summed E-state index contributed by atoms with van der Waals surface area (Å²) in [5.41, 5.74) is -0.796. The number of aryl methyl sites for hydroxylation is 1. The van der Waals surface area contributed by atoms with E-state index in [1.807, 2.05) is 0 Å². The maximum atomic E-state index is 12.4. The fourth-order valence-corrected chi connectivity index (χ4v) is 1.09. The highest BCUT2D eigenvalue weighted by atomic mass is 19.4. The number of ether oxygens (including phenoxy) is 1. The van der Waals surface area contributed by atoms with Gasteiger partial charge in [0.05, 0.1) is 6.61 Å². The standard InChI is InChI=1S/C8H11F3N2O/c1-3-14-5-6-4-13(2)12-7(6)8(9,10)11/h4H,3,5H2,1-2H3. The second-order valence-corrected chi connectivity index (χ2v) is 2.81. The maximum absolute atomic E-state index is 12.4. The van der Waals surface area contributed by atoms with Crippen molar-refractivity contribution in [3.8, 4) is 0 Å².